The number of benzene rings is 1. The average Bonchev–Trinajstić information content (AvgIpc) is 2.18. The molecule has 3 heteroatoms. The Bertz CT molecular complexity index is 295. The zero-order valence-corrected chi connectivity index (χ0v) is 9.46. The van der Waals surface area contributed by atoms with Gasteiger partial charge in [0, 0.05) is 17.3 Å². The van der Waals surface area contributed by atoms with E-state index in [0.29, 0.717) is 6.10 Å². The molecule has 0 heterocycles. The summed E-state index contributed by atoms with van der Waals surface area (Å²) in [6.07, 6.45) is 4.33. The number of ether oxygens (including phenoxy) is 1. The predicted octanol–water partition coefficient (Wildman–Crippen LogP) is 3.32. The maximum Gasteiger partial charge on any atom is 0.0642 e. The van der Waals surface area contributed by atoms with Crippen molar-refractivity contribution in [1.82, 2.24) is 0 Å². The second kappa shape index (κ2) is 5.38. The Hall–Kier alpha value is -0.730. The minimum atomic E-state index is 0.525. The van der Waals surface area contributed by atoms with Gasteiger partial charge in [0.15, 0.2) is 0 Å². The lowest BCUT2D eigenvalue weighted by atomic mass is 9.96. The zero-order valence-electron chi connectivity index (χ0n) is 8.71. The molecule has 82 valence electrons. The van der Waals surface area contributed by atoms with E-state index in [-0.39, 0.29) is 0 Å². The van der Waals surface area contributed by atoms with Gasteiger partial charge < -0.3 is 10.1 Å². The van der Waals surface area contributed by atoms with Gasteiger partial charge in [-0.15, -0.1) is 0 Å². The Morgan fingerprint density at radius 1 is 1.27 bits per heavy atom. The van der Waals surface area contributed by atoms with E-state index in [1.807, 2.05) is 24.3 Å². The van der Waals surface area contributed by atoms with Crippen molar-refractivity contribution in [3.63, 3.8) is 0 Å². The van der Waals surface area contributed by atoms with Crippen LogP contribution in [0.15, 0.2) is 24.3 Å². The third-order valence-corrected chi connectivity index (χ3v) is 2.93. The van der Waals surface area contributed by atoms with Gasteiger partial charge in [0.2, 0.25) is 0 Å². The number of halogens is 1. The Morgan fingerprint density at radius 3 is 2.60 bits per heavy atom. The van der Waals surface area contributed by atoms with E-state index < -0.39 is 0 Å². The number of nitrogens with one attached hydrogen (secondary N) is 1. The summed E-state index contributed by atoms with van der Waals surface area (Å²) in [7, 11) is 0. The van der Waals surface area contributed by atoms with E-state index in [1.54, 1.807) is 0 Å². The van der Waals surface area contributed by atoms with Crippen LogP contribution in [0.3, 0.4) is 0 Å². The smallest absolute Gasteiger partial charge is 0.0642 e. The summed E-state index contributed by atoms with van der Waals surface area (Å²) >= 11 is 5.79. The molecule has 0 aromatic heterocycles. The molecule has 0 unspecified atom stereocenters. The molecule has 1 aliphatic rings. The molecule has 1 saturated carbocycles. The Balaban J connectivity index is 1.62. The third kappa shape index (κ3) is 3.40. The highest BCUT2D eigenvalue weighted by molar-refractivity contribution is 6.30. The summed E-state index contributed by atoms with van der Waals surface area (Å²) in [5.74, 6) is 0. The molecule has 1 aromatic rings. The van der Waals surface area contributed by atoms with Gasteiger partial charge in [-0.1, -0.05) is 11.6 Å². The lowest BCUT2D eigenvalue weighted by molar-refractivity contribution is 0.00812. The molecule has 0 saturated heterocycles. The van der Waals surface area contributed by atoms with Crippen LogP contribution in [-0.2, 0) is 4.74 Å². The largest absolute Gasteiger partial charge is 0.383 e. The maximum atomic E-state index is 5.79. The fraction of sp³-hybridized carbons (Fsp3) is 0.500. The van der Waals surface area contributed by atoms with Crippen LogP contribution >= 0.6 is 11.6 Å². The average molecular weight is 226 g/mol. The second-order valence-electron chi connectivity index (χ2n) is 3.86. The molecule has 0 radical (unpaired) electrons. The molecule has 0 spiro atoms. The molecule has 1 aromatic carbocycles. The van der Waals surface area contributed by atoms with Gasteiger partial charge in [0.1, 0.15) is 0 Å². The highest BCUT2D eigenvalue weighted by atomic mass is 35.5. The van der Waals surface area contributed by atoms with E-state index in [0.717, 1.165) is 23.9 Å². The van der Waals surface area contributed by atoms with E-state index in [2.05, 4.69) is 5.32 Å². The first-order valence-electron chi connectivity index (χ1n) is 5.45. The summed E-state index contributed by atoms with van der Waals surface area (Å²) in [6, 6.07) is 7.73. The molecular weight excluding hydrogens is 210 g/mol. The monoisotopic (exact) mass is 225 g/mol. The highest BCUT2D eigenvalue weighted by Crippen LogP contribution is 2.21. The van der Waals surface area contributed by atoms with Gasteiger partial charge >= 0.3 is 0 Å². The SMILES string of the molecule is Clc1ccc(NCCOC2CCC2)cc1. The van der Waals surface area contributed by atoms with Crippen LogP contribution in [0.4, 0.5) is 5.69 Å². The predicted molar refractivity (Wildman–Crippen MR) is 63.5 cm³/mol. The molecule has 1 aliphatic carbocycles. The van der Waals surface area contributed by atoms with E-state index in [9.17, 15) is 0 Å². The van der Waals surface area contributed by atoms with Gasteiger partial charge in [0.25, 0.3) is 0 Å². The molecular formula is C12H16ClNO. The van der Waals surface area contributed by atoms with Crippen molar-refractivity contribution >= 4 is 17.3 Å². The van der Waals surface area contributed by atoms with Gasteiger partial charge in [0.05, 0.1) is 12.7 Å². The fourth-order valence-corrected chi connectivity index (χ4v) is 1.65. The number of hydrogen-bond acceptors (Lipinski definition) is 2. The summed E-state index contributed by atoms with van der Waals surface area (Å²) in [6.45, 7) is 1.64. The van der Waals surface area contributed by atoms with Crippen LogP contribution in [0.25, 0.3) is 0 Å². The molecule has 0 amide bonds. The summed E-state index contributed by atoms with van der Waals surface area (Å²) in [5.41, 5.74) is 1.09. The van der Waals surface area contributed by atoms with Gasteiger partial charge in [-0.25, -0.2) is 0 Å². The molecule has 0 aliphatic heterocycles. The molecule has 0 atom stereocenters. The standard InChI is InChI=1S/C12H16ClNO/c13-10-4-6-11(7-5-10)14-8-9-15-12-2-1-3-12/h4-7,12,14H,1-3,8-9H2. The molecule has 15 heavy (non-hydrogen) atoms. The Morgan fingerprint density at radius 2 is 2.00 bits per heavy atom. The summed E-state index contributed by atoms with van der Waals surface area (Å²) < 4.78 is 5.63. The number of hydrogen-bond donors (Lipinski definition) is 1. The number of rotatable bonds is 5. The first-order valence-corrected chi connectivity index (χ1v) is 5.83. The van der Waals surface area contributed by atoms with Crippen molar-refractivity contribution in [3.8, 4) is 0 Å². The van der Waals surface area contributed by atoms with Crippen LogP contribution in [0.1, 0.15) is 19.3 Å². The molecule has 2 nitrogen and oxygen atoms in total. The topological polar surface area (TPSA) is 21.3 Å². The molecule has 1 N–H and O–H groups in total. The van der Waals surface area contributed by atoms with Crippen molar-refractivity contribution in [2.75, 3.05) is 18.5 Å². The van der Waals surface area contributed by atoms with Gasteiger partial charge in [-0.2, -0.15) is 0 Å². The second-order valence-corrected chi connectivity index (χ2v) is 4.29. The molecule has 0 bridgehead atoms. The lowest BCUT2D eigenvalue weighted by Crippen LogP contribution is -2.24. The highest BCUT2D eigenvalue weighted by Gasteiger charge is 2.16. The first-order chi connectivity index (χ1) is 7.34. The summed E-state index contributed by atoms with van der Waals surface area (Å²) in [4.78, 5) is 0. The minimum Gasteiger partial charge on any atom is -0.383 e. The number of anilines is 1. The van der Waals surface area contributed by atoms with E-state index in [4.69, 9.17) is 16.3 Å². The van der Waals surface area contributed by atoms with Crippen LogP contribution in [0.5, 0.6) is 0 Å². The van der Waals surface area contributed by atoms with Gasteiger partial charge in [-0.05, 0) is 43.5 Å². The van der Waals surface area contributed by atoms with Crippen molar-refractivity contribution in [2.24, 2.45) is 0 Å². The van der Waals surface area contributed by atoms with Crippen LogP contribution in [0.2, 0.25) is 5.02 Å². The zero-order chi connectivity index (χ0) is 10.5. The quantitative estimate of drug-likeness (QED) is 0.777. The van der Waals surface area contributed by atoms with Crippen LogP contribution in [-0.4, -0.2) is 19.3 Å². The Labute approximate surface area is 95.6 Å². The van der Waals surface area contributed by atoms with Crippen molar-refractivity contribution in [2.45, 2.75) is 25.4 Å². The third-order valence-electron chi connectivity index (χ3n) is 2.68. The fourth-order valence-electron chi connectivity index (χ4n) is 1.53. The maximum absolute atomic E-state index is 5.79. The van der Waals surface area contributed by atoms with Crippen LogP contribution in [0, 0.1) is 0 Å². The van der Waals surface area contributed by atoms with Crippen molar-refractivity contribution in [3.05, 3.63) is 29.3 Å². The summed E-state index contributed by atoms with van der Waals surface area (Å²) in [5, 5.41) is 4.06. The normalized spacial score (nSPS) is 16.1. The van der Waals surface area contributed by atoms with Crippen molar-refractivity contribution in [1.29, 1.82) is 0 Å². The first kappa shape index (κ1) is 10.8. The molecule has 1 fully saturated rings. The van der Waals surface area contributed by atoms with E-state index >= 15 is 0 Å². The minimum absolute atomic E-state index is 0.525. The van der Waals surface area contributed by atoms with E-state index in [1.165, 1.54) is 19.3 Å². The van der Waals surface area contributed by atoms with Crippen molar-refractivity contribution < 1.29 is 4.74 Å². The lowest BCUT2D eigenvalue weighted by Gasteiger charge is -2.25. The molecule has 2 rings (SSSR count). The van der Waals surface area contributed by atoms with Gasteiger partial charge in [-0.3, -0.25) is 0 Å². The van der Waals surface area contributed by atoms with Crippen LogP contribution < -0.4 is 5.32 Å². The Kier molecular flexibility index (Phi) is 3.87.